The van der Waals surface area contributed by atoms with Crippen LogP contribution in [0.15, 0.2) is 16.4 Å². The number of anilines is 1. The maximum atomic E-state index is 13.0. The molecule has 37 heavy (non-hydrogen) atoms. The number of aliphatic carboxylic acids is 2. The minimum Gasteiger partial charge on any atom is -0.479 e. The molecular formula is C19H18ClN5O10S2. The van der Waals surface area contributed by atoms with E-state index in [-0.39, 0.29) is 26.5 Å². The molecule has 0 aliphatic carbocycles. The molecule has 15 nitrogen and oxygen atoms in total. The fraction of sp³-hybridized carbons (Fsp3) is 0.368. The molecule has 0 radical (unpaired) electrons. The lowest BCUT2D eigenvalue weighted by Gasteiger charge is -2.49. The second-order valence-electron chi connectivity index (χ2n) is 7.44. The fourth-order valence-corrected chi connectivity index (χ4v) is 5.49. The number of carbonyl (C=O) groups is 6. The van der Waals surface area contributed by atoms with Crippen molar-refractivity contribution < 1.29 is 48.6 Å². The lowest BCUT2D eigenvalue weighted by molar-refractivity contribution is -0.150. The highest BCUT2D eigenvalue weighted by atomic mass is 35.5. The number of fused-ring (bicyclic) bond motifs is 1. The maximum Gasteiger partial charge on any atom is 0.352 e. The molecule has 0 spiro atoms. The van der Waals surface area contributed by atoms with Gasteiger partial charge in [0.1, 0.15) is 46.0 Å². The summed E-state index contributed by atoms with van der Waals surface area (Å²) in [6, 6.07) is -1.19. The summed E-state index contributed by atoms with van der Waals surface area (Å²) in [5.74, 6) is -5.81. The van der Waals surface area contributed by atoms with Crippen LogP contribution in [0.25, 0.3) is 0 Å². The number of ketones is 1. The van der Waals surface area contributed by atoms with E-state index in [0.717, 1.165) is 28.0 Å². The third kappa shape index (κ3) is 6.36. The number of β-lactam (4-membered cyclic amide) rings is 1. The Morgan fingerprint density at radius 1 is 1.30 bits per heavy atom. The van der Waals surface area contributed by atoms with Gasteiger partial charge in [-0.15, -0.1) is 11.8 Å². The molecule has 5 N–H and O–H groups in total. The van der Waals surface area contributed by atoms with Gasteiger partial charge in [0.25, 0.3) is 11.8 Å². The van der Waals surface area contributed by atoms with Crippen LogP contribution in [0.4, 0.5) is 5.13 Å². The van der Waals surface area contributed by atoms with Gasteiger partial charge in [0.05, 0.1) is 0 Å². The molecule has 1 aromatic heterocycles. The molecule has 1 saturated heterocycles. The number of nitrogens with one attached hydrogen (secondary N) is 1. The summed E-state index contributed by atoms with van der Waals surface area (Å²) in [5.41, 5.74) is 4.59. The zero-order chi connectivity index (χ0) is 27.4. The van der Waals surface area contributed by atoms with Gasteiger partial charge in [0.15, 0.2) is 10.8 Å². The molecule has 1 fully saturated rings. The molecule has 3 heterocycles. The van der Waals surface area contributed by atoms with Gasteiger partial charge in [-0.3, -0.25) is 24.1 Å². The Morgan fingerprint density at radius 3 is 2.57 bits per heavy atom. The number of hydrogen-bond donors (Lipinski definition) is 4. The SMILES string of the molecule is CC(=O)CC(=O)OCC1=C(C(=O)O)N2C(=O)[C@@H](NC(=O)/C(=N\OCC(=O)O)c3nc(N)sc3Cl)[C@H]2SC1. The molecule has 2 atom stereocenters. The Labute approximate surface area is 220 Å². The van der Waals surface area contributed by atoms with Gasteiger partial charge in [-0.1, -0.05) is 28.1 Å². The highest BCUT2D eigenvalue weighted by molar-refractivity contribution is 8.00. The van der Waals surface area contributed by atoms with Gasteiger partial charge >= 0.3 is 17.9 Å². The number of rotatable bonds is 11. The number of halogens is 1. The average Bonchev–Trinajstić information content (AvgIpc) is 3.14. The second-order valence-corrected chi connectivity index (χ2v) is 10.2. The van der Waals surface area contributed by atoms with E-state index in [9.17, 15) is 33.9 Å². The van der Waals surface area contributed by atoms with Crippen molar-refractivity contribution in [1.29, 1.82) is 0 Å². The first-order valence-corrected chi connectivity index (χ1v) is 12.3. The number of hydrogen-bond acceptors (Lipinski definition) is 13. The number of carboxylic acid groups (broad SMARTS) is 2. The summed E-state index contributed by atoms with van der Waals surface area (Å²) in [6.45, 7) is -0.117. The van der Waals surface area contributed by atoms with Gasteiger partial charge in [0.2, 0.25) is 6.61 Å². The van der Waals surface area contributed by atoms with E-state index in [2.05, 4.69) is 20.3 Å². The molecule has 2 aliphatic heterocycles. The van der Waals surface area contributed by atoms with E-state index in [1.807, 2.05) is 0 Å². The van der Waals surface area contributed by atoms with Crippen LogP contribution in [0.5, 0.6) is 0 Å². The summed E-state index contributed by atoms with van der Waals surface area (Å²) in [7, 11) is 0. The van der Waals surface area contributed by atoms with Gasteiger partial charge in [-0.05, 0) is 6.92 Å². The number of aromatic nitrogens is 1. The standard InChI is InChI=1S/C19H18ClN5O10S2/c1-6(26)2-9(29)34-3-7-5-36-17-12(16(31)25(17)13(7)18(32)33)22-15(30)11(24-35-4-8(27)28)10-14(20)37-19(21)23-10/h12,17H,2-5H2,1H3,(H2,21,23)(H,22,30)(H,27,28)(H,32,33)/b24-11-/t12-,17-/m1/s1. The van der Waals surface area contributed by atoms with E-state index in [0.29, 0.717) is 0 Å². The second kappa shape index (κ2) is 11.6. The minimum atomic E-state index is -1.45. The summed E-state index contributed by atoms with van der Waals surface area (Å²) in [5, 5.41) is 23.5. The van der Waals surface area contributed by atoms with Crippen molar-refractivity contribution in [2.75, 3.05) is 24.7 Å². The van der Waals surface area contributed by atoms with Crippen molar-refractivity contribution in [3.8, 4) is 0 Å². The van der Waals surface area contributed by atoms with Crippen LogP contribution in [0.1, 0.15) is 19.0 Å². The fourth-order valence-electron chi connectivity index (χ4n) is 3.23. The first kappa shape index (κ1) is 27.9. The number of thioether (sulfide) groups is 1. The van der Waals surface area contributed by atoms with Crippen LogP contribution in [0.3, 0.4) is 0 Å². The minimum absolute atomic E-state index is 0.0137. The zero-order valence-electron chi connectivity index (χ0n) is 18.8. The van der Waals surface area contributed by atoms with Crippen molar-refractivity contribution in [2.24, 2.45) is 5.16 Å². The first-order valence-electron chi connectivity index (χ1n) is 10.1. The summed E-state index contributed by atoms with van der Waals surface area (Å²) >= 11 is 7.96. The normalized spacial score (nSPS) is 19.0. The molecule has 0 saturated carbocycles. The lowest BCUT2D eigenvalue weighted by Crippen LogP contribution is -2.71. The summed E-state index contributed by atoms with van der Waals surface area (Å²) in [4.78, 5) is 80.6. The smallest absolute Gasteiger partial charge is 0.352 e. The molecule has 2 amide bonds. The Bertz CT molecular complexity index is 1250. The predicted molar refractivity (Wildman–Crippen MR) is 128 cm³/mol. The Kier molecular flexibility index (Phi) is 8.72. The monoisotopic (exact) mass is 575 g/mol. The zero-order valence-corrected chi connectivity index (χ0v) is 21.1. The summed E-state index contributed by atoms with van der Waals surface area (Å²) in [6.07, 6.45) is -0.475. The molecule has 18 heteroatoms. The molecule has 2 aliphatic rings. The van der Waals surface area contributed by atoms with E-state index in [1.165, 1.54) is 6.92 Å². The van der Waals surface area contributed by atoms with E-state index < -0.39 is 78.0 Å². The first-order chi connectivity index (χ1) is 17.4. The number of oxime groups is 1. The number of carboxylic acids is 2. The van der Waals surface area contributed by atoms with Crippen LogP contribution in [0.2, 0.25) is 4.34 Å². The number of nitrogen functional groups attached to an aromatic ring is 1. The third-order valence-corrected chi connectivity index (χ3v) is 7.15. The number of ether oxygens (including phenoxy) is 1. The number of carbonyl (C=O) groups excluding carboxylic acids is 4. The number of nitrogens with zero attached hydrogens (tertiary/aromatic N) is 3. The van der Waals surface area contributed by atoms with E-state index >= 15 is 0 Å². The molecular weight excluding hydrogens is 558 g/mol. The van der Waals surface area contributed by atoms with E-state index in [4.69, 9.17) is 27.2 Å². The molecule has 1 aromatic rings. The Balaban J connectivity index is 1.77. The summed E-state index contributed by atoms with van der Waals surface area (Å²) < 4.78 is 4.91. The Hall–Kier alpha value is -3.70. The largest absolute Gasteiger partial charge is 0.479 e. The number of esters is 1. The molecule has 3 rings (SSSR count). The molecule has 0 unspecified atom stereocenters. The number of amides is 2. The van der Waals surface area contributed by atoms with Crippen LogP contribution in [0, 0.1) is 0 Å². The average molecular weight is 576 g/mol. The highest BCUT2D eigenvalue weighted by Gasteiger charge is 2.54. The number of Topliss-reactive ketones (excluding diaryl/α,β-unsaturated/α-hetero) is 1. The van der Waals surface area contributed by atoms with Gasteiger partial charge in [-0.2, -0.15) is 0 Å². The van der Waals surface area contributed by atoms with Crippen LogP contribution < -0.4 is 11.1 Å². The number of nitrogens with two attached hydrogens (primary N) is 1. The van der Waals surface area contributed by atoms with Gasteiger partial charge in [-0.25, -0.2) is 14.6 Å². The van der Waals surface area contributed by atoms with Crippen molar-refractivity contribution in [3.63, 3.8) is 0 Å². The number of thiazole rings is 1. The van der Waals surface area contributed by atoms with Crippen molar-refractivity contribution in [1.82, 2.24) is 15.2 Å². The Morgan fingerprint density at radius 2 is 2.00 bits per heavy atom. The molecule has 198 valence electrons. The van der Waals surface area contributed by atoms with E-state index in [1.54, 1.807) is 0 Å². The third-order valence-electron chi connectivity index (χ3n) is 4.72. The van der Waals surface area contributed by atoms with Crippen LogP contribution in [-0.2, 0) is 38.3 Å². The van der Waals surface area contributed by atoms with Crippen molar-refractivity contribution in [3.05, 3.63) is 21.3 Å². The van der Waals surface area contributed by atoms with Gasteiger partial charge in [0, 0.05) is 11.3 Å². The lowest BCUT2D eigenvalue weighted by atomic mass is 10.0. The predicted octanol–water partition coefficient (Wildman–Crippen LogP) is -0.555. The topological polar surface area (TPSA) is 228 Å². The highest BCUT2D eigenvalue weighted by Crippen LogP contribution is 2.40. The van der Waals surface area contributed by atoms with Crippen molar-refractivity contribution in [2.45, 2.75) is 24.8 Å². The van der Waals surface area contributed by atoms with Gasteiger partial charge < -0.3 is 30.8 Å². The van der Waals surface area contributed by atoms with Crippen molar-refractivity contribution >= 4 is 81.0 Å². The van der Waals surface area contributed by atoms with Crippen LogP contribution in [-0.4, -0.2) is 91.7 Å². The molecule has 0 aromatic carbocycles. The molecule has 0 bridgehead atoms. The van der Waals surface area contributed by atoms with Crippen LogP contribution >= 0.6 is 34.7 Å². The maximum absolute atomic E-state index is 13.0. The quantitative estimate of drug-likeness (QED) is 0.0853.